The van der Waals surface area contributed by atoms with E-state index in [4.69, 9.17) is 11.0 Å². The summed E-state index contributed by atoms with van der Waals surface area (Å²) < 4.78 is 37.5. The fourth-order valence-electron chi connectivity index (χ4n) is 1.03. The Morgan fingerprint density at radius 1 is 1.36 bits per heavy atom. The predicted molar refractivity (Wildman–Crippen MR) is 40.2 cm³/mol. The fourth-order valence-corrected chi connectivity index (χ4v) is 2.06. The van der Waals surface area contributed by atoms with E-state index in [2.05, 4.69) is 0 Å². The van der Waals surface area contributed by atoms with Crippen LogP contribution in [0.2, 0.25) is 0 Å². The van der Waals surface area contributed by atoms with Gasteiger partial charge in [-0.05, 0) is 0 Å². The molecule has 0 spiro atoms. The SMILES string of the molecule is N#Cc1ccc(N)[c]([Y])c1C(F)(F)F. The van der Waals surface area contributed by atoms with Gasteiger partial charge in [0.25, 0.3) is 0 Å². The molecular formula is C8H4F3N2Y. The molecule has 1 aromatic rings. The number of benzene rings is 1. The zero-order valence-corrected chi connectivity index (χ0v) is 9.73. The van der Waals surface area contributed by atoms with Crippen LogP contribution in [0.1, 0.15) is 11.1 Å². The molecular weight excluding hydrogens is 270 g/mol. The summed E-state index contributed by atoms with van der Waals surface area (Å²) in [5.41, 5.74) is 4.21. The summed E-state index contributed by atoms with van der Waals surface area (Å²) in [6, 6.07) is 3.94. The summed E-state index contributed by atoms with van der Waals surface area (Å²) in [5.74, 6) is 0. The third-order valence-corrected chi connectivity index (χ3v) is 3.21. The Morgan fingerprint density at radius 3 is 2.36 bits per heavy atom. The minimum absolute atomic E-state index is 0.0296. The molecule has 0 aliphatic carbocycles. The molecule has 6 heteroatoms. The van der Waals surface area contributed by atoms with Crippen LogP contribution < -0.4 is 8.11 Å². The number of alkyl halides is 3. The molecule has 14 heavy (non-hydrogen) atoms. The van der Waals surface area contributed by atoms with Gasteiger partial charge in [0.2, 0.25) is 0 Å². The number of nitriles is 1. The molecule has 0 heterocycles. The summed E-state index contributed by atoms with van der Waals surface area (Å²) >= 11 is 0.235. The number of nitrogens with zero attached hydrogens (tertiary/aromatic N) is 1. The van der Waals surface area contributed by atoms with Gasteiger partial charge in [-0.3, -0.25) is 0 Å². The van der Waals surface area contributed by atoms with Crippen molar-refractivity contribution in [1.82, 2.24) is 0 Å². The van der Waals surface area contributed by atoms with Gasteiger partial charge in [0.05, 0.1) is 0 Å². The average molecular weight is 274 g/mol. The third kappa shape index (κ3) is 2.07. The molecule has 0 saturated heterocycles. The van der Waals surface area contributed by atoms with E-state index in [9.17, 15) is 13.2 Å². The third-order valence-electron chi connectivity index (χ3n) is 1.68. The van der Waals surface area contributed by atoms with Crippen molar-refractivity contribution in [3.63, 3.8) is 0 Å². The summed E-state index contributed by atoms with van der Waals surface area (Å²) in [6.07, 6.45) is -4.50. The van der Waals surface area contributed by atoms with Crippen LogP contribution in [-0.4, -0.2) is 0 Å². The first-order chi connectivity index (χ1) is 6.38. The Hall–Kier alpha value is -0.596. The van der Waals surface area contributed by atoms with Gasteiger partial charge in [-0.25, -0.2) is 0 Å². The Bertz CT molecular complexity index is 406. The van der Waals surface area contributed by atoms with E-state index in [0.29, 0.717) is 0 Å². The van der Waals surface area contributed by atoms with Gasteiger partial charge >= 0.3 is 98.7 Å². The van der Waals surface area contributed by atoms with E-state index in [1.165, 1.54) is 12.1 Å². The van der Waals surface area contributed by atoms with Crippen molar-refractivity contribution in [2.75, 3.05) is 5.73 Å². The predicted octanol–water partition coefficient (Wildman–Crippen LogP) is 1.33. The molecule has 1 aromatic carbocycles. The first-order valence-corrected chi connectivity index (χ1v) is 4.95. The van der Waals surface area contributed by atoms with Crippen LogP contribution in [0, 0.1) is 11.3 Å². The Kier molecular flexibility index (Phi) is 3.18. The Morgan fingerprint density at radius 2 is 1.93 bits per heavy atom. The maximum absolute atomic E-state index is 12.5. The molecule has 0 bridgehead atoms. The van der Waals surface area contributed by atoms with Crippen LogP contribution in [0.15, 0.2) is 12.1 Å². The second-order valence-corrected chi connectivity index (χ2v) is 4.02. The van der Waals surface area contributed by atoms with Gasteiger partial charge in [-0.2, -0.15) is 0 Å². The number of rotatable bonds is 0. The molecule has 0 saturated carbocycles. The van der Waals surface area contributed by atoms with Crippen molar-refractivity contribution < 1.29 is 44.1 Å². The van der Waals surface area contributed by atoms with Crippen LogP contribution in [0.3, 0.4) is 0 Å². The molecule has 0 atom stereocenters. The second-order valence-electron chi connectivity index (χ2n) is 2.60. The first kappa shape index (κ1) is 11.5. The van der Waals surface area contributed by atoms with E-state index >= 15 is 0 Å². The summed E-state index contributed by atoms with van der Waals surface area (Å²) in [4.78, 5) is 0. The van der Waals surface area contributed by atoms with E-state index in [1.807, 2.05) is 0 Å². The molecule has 0 fully saturated rings. The number of anilines is 1. The van der Waals surface area contributed by atoms with Gasteiger partial charge in [0, 0.05) is 0 Å². The molecule has 1 rings (SSSR count). The fraction of sp³-hybridized carbons (Fsp3) is 0.125. The van der Waals surface area contributed by atoms with Crippen LogP contribution in [0.25, 0.3) is 0 Å². The average Bonchev–Trinajstić information content (AvgIpc) is 2.07. The number of hydrogen-bond acceptors (Lipinski definition) is 2. The number of nitrogen functional groups attached to an aromatic ring is 1. The molecule has 0 aromatic heterocycles. The molecule has 0 amide bonds. The first-order valence-electron chi connectivity index (χ1n) is 3.53. The van der Waals surface area contributed by atoms with E-state index in [1.54, 1.807) is 0 Å². The van der Waals surface area contributed by atoms with Crippen molar-refractivity contribution in [3.8, 4) is 6.07 Å². The number of hydrogen-bond donors (Lipinski definition) is 1. The second kappa shape index (κ2) is 3.87. The maximum atomic E-state index is 12.5. The standard InChI is InChI=1S/C8H4F3N2.Y/c9-8(10,11)7-3-6(13)2-1-5(7)4-12;/h1-2H,13H2;. The molecule has 0 unspecified atom stereocenters. The van der Waals surface area contributed by atoms with Gasteiger partial charge in [-0.15, -0.1) is 0 Å². The van der Waals surface area contributed by atoms with E-state index in [-0.39, 0.29) is 44.6 Å². The van der Waals surface area contributed by atoms with Gasteiger partial charge in [0.15, 0.2) is 0 Å². The van der Waals surface area contributed by atoms with E-state index in [0.717, 1.165) is 6.07 Å². The molecule has 0 radical (unpaired) electrons. The van der Waals surface area contributed by atoms with Gasteiger partial charge in [-0.1, -0.05) is 0 Å². The molecule has 0 aliphatic heterocycles. The molecule has 2 nitrogen and oxygen atoms in total. The molecule has 0 aliphatic rings. The molecule has 2 N–H and O–H groups in total. The topological polar surface area (TPSA) is 49.8 Å². The van der Waals surface area contributed by atoms with Crippen LogP contribution in [-0.2, 0) is 37.1 Å². The Labute approximate surface area is 98.3 Å². The number of halogens is 3. The molecule has 70 valence electrons. The zero-order chi connectivity index (χ0) is 10.9. The van der Waals surface area contributed by atoms with E-state index < -0.39 is 11.7 Å². The quantitative estimate of drug-likeness (QED) is 0.725. The zero-order valence-electron chi connectivity index (χ0n) is 6.89. The summed E-state index contributed by atoms with van der Waals surface area (Å²) in [7, 11) is 0. The van der Waals surface area contributed by atoms with Crippen molar-refractivity contribution in [2.24, 2.45) is 0 Å². The van der Waals surface area contributed by atoms with Crippen LogP contribution in [0.4, 0.5) is 18.9 Å². The van der Waals surface area contributed by atoms with Crippen molar-refractivity contribution in [3.05, 3.63) is 23.3 Å². The normalized spacial score (nSPS) is 10.9. The van der Waals surface area contributed by atoms with Crippen LogP contribution >= 0.6 is 0 Å². The Balaban J connectivity index is 3.54. The monoisotopic (exact) mass is 274 g/mol. The van der Waals surface area contributed by atoms with Crippen LogP contribution in [0.5, 0.6) is 0 Å². The van der Waals surface area contributed by atoms with Gasteiger partial charge < -0.3 is 0 Å². The summed E-state index contributed by atoms with van der Waals surface area (Å²) in [5, 5.41) is 8.52. The minimum atomic E-state index is -4.50. The summed E-state index contributed by atoms with van der Waals surface area (Å²) in [6.45, 7) is 0. The van der Waals surface area contributed by atoms with Gasteiger partial charge in [0.1, 0.15) is 0 Å². The van der Waals surface area contributed by atoms with Crippen molar-refractivity contribution >= 4 is 8.06 Å². The number of nitrogens with two attached hydrogens (primary N) is 1. The van der Waals surface area contributed by atoms with Crippen molar-refractivity contribution in [1.29, 1.82) is 5.26 Å². The van der Waals surface area contributed by atoms with Crippen molar-refractivity contribution in [2.45, 2.75) is 6.18 Å².